The van der Waals surface area contributed by atoms with E-state index in [-0.39, 0.29) is 44.7 Å². The van der Waals surface area contributed by atoms with Crippen LogP contribution in [0, 0.1) is 0 Å². The van der Waals surface area contributed by atoms with E-state index >= 15 is 0 Å². The predicted octanol–water partition coefficient (Wildman–Crippen LogP) is -0.483. The van der Waals surface area contributed by atoms with Gasteiger partial charge >= 0.3 is 6.09 Å². The van der Waals surface area contributed by atoms with E-state index in [0.29, 0.717) is 13.2 Å². The third-order valence-corrected chi connectivity index (χ3v) is 3.06. The van der Waals surface area contributed by atoms with Gasteiger partial charge in [0.25, 0.3) is 11.8 Å². The van der Waals surface area contributed by atoms with Gasteiger partial charge in [-0.25, -0.2) is 4.79 Å². The summed E-state index contributed by atoms with van der Waals surface area (Å²) < 4.78 is 15.5. The average molecular weight is 401 g/mol. The van der Waals surface area contributed by atoms with Crippen LogP contribution < -0.4 is 10.8 Å². The van der Waals surface area contributed by atoms with Crippen LogP contribution in [0.2, 0.25) is 0 Å². The molecule has 4 amide bonds. The summed E-state index contributed by atoms with van der Waals surface area (Å²) in [5.41, 5.74) is 1.35. The lowest BCUT2D eigenvalue weighted by molar-refractivity contribution is -0.137. The maximum absolute atomic E-state index is 11.5. The van der Waals surface area contributed by atoms with E-state index in [0.717, 1.165) is 4.90 Å². The molecule has 0 radical (unpaired) electrons. The van der Waals surface area contributed by atoms with Crippen molar-refractivity contribution in [1.82, 2.24) is 15.7 Å². The van der Waals surface area contributed by atoms with Gasteiger partial charge in [0.1, 0.15) is 5.60 Å². The van der Waals surface area contributed by atoms with Crippen LogP contribution in [-0.2, 0) is 33.4 Å². The standard InChI is InChI=1S/C17H27N3O8/c1-17(2,3)28-16(24)19-27-12-13(21)18-6-8-25-10-11-26-9-7-20-14(22)4-5-15(20)23/h4-5H,6-12H2,1-3H3,(H,18,21)(H,19,24). The molecule has 0 aliphatic carbocycles. The molecule has 11 nitrogen and oxygen atoms in total. The zero-order valence-electron chi connectivity index (χ0n) is 16.3. The molecule has 0 spiro atoms. The number of nitrogens with zero attached hydrogens (tertiary/aromatic N) is 1. The van der Waals surface area contributed by atoms with Gasteiger partial charge in [-0.2, -0.15) is 5.48 Å². The molecule has 0 bridgehead atoms. The monoisotopic (exact) mass is 401 g/mol. The number of carbonyl (C=O) groups excluding carboxylic acids is 4. The largest absolute Gasteiger partial charge is 0.442 e. The number of hydrogen-bond donors (Lipinski definition) is 2. The Labute approximate surface area is 163 Å². The van der Waals surface area contributed by atoms with Crippen LogP contribution in [0.15, 0.2) is 12.2 Å². The van der Waals surface area contributed by atoms with Crippen molar-refractivity contribution < 1.29 is 38.2 Å². The summed E-state index contributed by atoms with van der Waals surface area (Å²) in [6, 6.07) is 0. The quantitative estimate of drug-likeness (QED) is 0.254. The second kappa shape index (κ2) is 12.1. The molecule has 0 fully saturated rings. The molecular weight excluding hydrogens is 374 g/mol. The van der Waals surface area contributed by atoms with Crippen molar-refractivity contribution in [2.75, 3.05) is 46.1 Å². The Morgan fingerprint density at radius 1 is 1.00 bits per heavy atom. The Morgan fingerprint density at radius 2 is 1.61 bits per heavy atom. The number of amides is 4. The zero-order valence-corrected chi connectivity index (χ0v) is 16.3. The number of ether oxygens (including phenoxy) is 3. The first-order valence-corrected chi connectivity index (χ1v) is 8.75. The van der Waals surface area contributed by atoms with E-state index in [9.17, 15) is 19.2 Å². The van der Waals surface area contributed by atoms with Crippen LogP contribution in [0.1, 0.15) is 20.8 Å². The van der Waals surface area contributed by atoms with E-state index in [4.69, 9.17) is 19.0 Å². The van der Waals surface area contributed by atoms with Crippen LogP contribution in [0.25, 0.3) is 0 Å². The molecule has 0 saturated heterocycles. The van der Waals surface area contributed by atoms with E-state index in [2.05, 4.69) is 5.32 Å². The summed E-state index contributed by atoms with van der Waals surface area (Å²) in [5, 5.41) is 2.54. The van der Waals surface area contributed by atoms with Crippen molar-refractivity contribution in [1.29, 1.82) is 0 Å². The Kier molecular flexibility index (Phi) is 10.1. The molecule has 2 N–H and O–H groups in total. The second-order valence-electron chi connectivity index (χ2n) is 6.63. The second-order valence-corrected chi connectivity index (χ2v) is 6.63. The van der Waals surface area contributed by atoms with Gasteiger partial charge in [0.2, 0.25) is 5.91 Å². The summed E-state index contributed by atoms with van der Waals surface area (Å²) in [5.74, 6) is -1.11. The van der Waals surface area contributed by atoms with Gasteiger partial charge in [-0.15, -0.1) is 0 Å². The predicted molar refractivity (Wildman–Crippen MR) is 95.8 cm³/mol. The minimum Gasteiger partial charge on any atom is -0.442 e. The normalized spacial score (nSPS) is 13.8. The summed E-state index contributed by atoms with van der Waals surface area (Å²) >= 11 is 0. The van der Waals surface area contributed by atoms with Gasteiger partial charge in [-0.1, -0.05) is 0 Å². The van der Waals surface area contributed by atoms with Gasteiger partial charge in [0.15, 0.2) is 6.61 Å². The van der Waals surface area contributed by atoms with E-state index in [1.165, 1.54) is 12.2 Å². The van der Waals surface area contributed by atoms with E-state index in [1.54, 1.807) is 20.8 Å². The van der Waals surface area contributed by atoms with Crippen molar-refractivity contribution in [3.8, 4) is 0 Å². The van der Waals surface area contributed by atoms with Crippen LogP contribution in [0.5, 0.6) is 0 Å². The fourth-order valence-corrected chi connectivity index (χ4v) is 1.90. The molecule has 0 unspecified atom stereocenters. The first kappa shape index (κ1) is 23.5. The molecule has 0 aromatic rings. The number of imide groups is 1. The number of hydroxylamine groups is 1. The fraction of sp³-hybridized carbons (Fsp3) is 0.647. The molecule has 28 heavy (non-hydrogen) atoms. The maximum atomic E-state index is 11.5. The first-order chi connectivity index (χ1) is 13.2. The molecule has 1 aliphatic rings. The first-order valence-electron chi connectivity index (χ1n) is 8.75. The van der Waals surface area contributed by atoms with Crippen molar-refractivity contribution >= 4 is 23.8 Å². The number of nitrogens with one attached hydrogen (secondary N) is 2. The number of carbonyl (C=O) groups is 4. The summed E-state index contributed by atoms with van der Waals surface area (Å²) in [4.78, 5) is 51.2. The average Bonchev–Trinajstić information content (AvgIpc) is 2.90. The van der Waals surface area contributed by atoms with Crippen LogP contribution in [0.4, 0.5) is 4.79 Å². The maximum Gasteiger partial charge on any atom is 0.431 e. The van der Waals surface area contributed by atoms with Gasteiger partial charge in [-0.05, 0) is 20.8 Å². The molecular formula is C17H27N3O8. The molecule has 0 aromatic heterocycles. The highest BCUT2D eigenvalue weighted by Gasteiger charge is 2.22. The summed E-state index contributed by atoms with van der Waals surface area (Å²) in [7, 11) is 0. The van der Waals surface area contributed by atoms with Gasteiger partial charge < -0.3 is 19.5 Å². The molecule has 1 heterocycles. The lowest BCUT2D eigenvalue weighted by Gasteiger charge is -2.19. The Hall–Kier alpha value is -2.50. The smallest absolute Gasteiger partial charge is 0.431 e. The fourth-order valence-electron chi connectivity index (χ4n) is 1.90. The van der Waals surface area contributed by atoms with Crippen molar-refractivity contribution in [3.63, 3.8) is 0 Å². The molecule has 11 heteroatoms. The third kappa shape index (κ3) is 10.6. The molecule has 158 valence electrons. The lowest BCUT2D eigenvalue weighted by Crippen LogP contribution is -2.37. The molecule has 0 saturated carbocycles. The van der Waals surface area contributed by atoms with Crippen LogP contribution >= 0.6 is 0 Å². The van der Waals surface area contributed by atoms with Gasteiger partial charge in [0, 0.05) is 18.7 Å². The van der Waals surface area contributed by atoms with Gasteiger partial charge in [-0.3, -0.25) is 24.1 Å². The molecule has 0 aromatic carbocycles. The van der Waals surface area contributed by atoms with Crippen LogP contribution in [0.3, 0.4) is 0 Å². The Morgan fingerprint density at radius 3 is 2.21 bits per heavy atom. The van der Waals surface area contributed by atoms with Crippen molar-refractivity contribution in [2.24, 2.45) is 0 Å². The van der Waals surface area contributed by atoms with E-state index in [1.807, 2.05) is 5.48 Å². The molecule has 1 rings (SSSR count). The minimum atomic E-state index is -0.779. The summed E-state index contributed by atoms with van der Waals surface area (Å²) in [6.45, 7) is 6.29. The van der Waals surface area contributed by atoms with Crippen molar-refractivity contribution in [3.05, 3.63) is 12.2 Å². The Balaban J connectivity index is 1.90. The SMILES string of the molecule is CC(C)(C)OC(=O)NOCC(=O)NCCOCCOCCN1C(=O)C=CC1=O. The molecule has 1 aliphatic heterocycles. The van der Waals surface area contributed by atoms with Crippen LogP contribution in [-0.4, -0.2) is 80.4 Å². The highest BCUT2D eigenvalue weighted by molar-refractivity contribution is 6.12. The number of hydrogen-bond acceptors (Lipinski definition) is 8. The van der Waals surface area contributed by atoms with Crippen molar-refractivity contribution in [2.45, 2.75) is 26.4 Å². The molecule has 0 atom stereocenters. The van der Waals surface area contributed by atoms with Gasteiger partial charge in [0.05, 0.1) is 33.0 Å². The lowest BCUT2D eigenvalue weighted by atomic mass is 10.2. The third-order valence-electron chi connectivity index (χ3n) is 3.06. The highest BCUT2D eigenvalue weighted by atomic mass is 16.7. The zero-order chi connectivity index (χ0) is 21.0. The minimum absolute atomic E-state index is 0.193. The highest BCUT2D eigenvalue weighted by Crippen LogP contribution is 2.06. The Bertz CT molecular complexity index is 567. The summed E-state index contributed by atoms with van der Waals surface area (Å²) in [6.07, 6.45) is 1.66. The topological polar surface area (TPSA) is 132 Å². The van der Waals surface area contributed by atoms with E-state index < -0.39 is 17.6 Å². The number of rotatable bonds is 12.